The van der Waals surface area contributed by atoms with Crippen molar-refractivity contribution in [3.8, 4) is 11.4 Å². The zero-order valence-electron chi connectivity index (χ0n) is 7.99. The highest BCUT2D eigenvalue weighted by atomic mass is 127. The Morgan fingerprint density at radius 3 is 2.67 bits per heavy atom. The van der Waals surface area contributed by atoms with Gasteiger partial charge in [-0.1, -0.05) is 0 Å². The molecule has 2 rings (SSSR count). The Morgan fingerprint density at radius 1 is 1.27 bits per heavy atom. The molecule has 0 atom stereocenters. The lowest BCUT2D eigenvalue weighted by molar-refractivity contribution is 1.09. The molecule has 4 nitrogen and oxygen atoms in total. The molecular formula is C10H8IN3O. The van der Waals surface area contributed by atoms with Gasteiger partial charge in [0.05, 0.1) is 3.57 Å². The highest BCUT2D eigenvalue weighted by Gasteiger charge is 2.02. The fourth-order valence-corrected chi connectivity index (χ4v) is 1.41. The third-order valence-corrected chi connectivity index (χ3v) is 2.71. The molecule has 0 radical (unpaired) electrons. The van der Waals surface area contributed by atoms with Crippen molar-refractivity contribution in [2.75, 3.05) is 0 Å². The van der Waals surface area contributed by atoms with Gasteiger partial charge in [0, 0.05) is 23.7 Å². The maximum atomic E-state index is 11.4. The molecule has 0 aliphatic rings. The summed E-state index contributed by atoms with van der Waals surface area (Å²) in [6.45, 7) is 1.91. The van der Waals surface area contributed by atoms with Crippen LogP contribution < -0.4 is 5.56 Å². The Labute approximate surface area is 99.9 Å². The van der Waals surface area contributed by atoms with Crippen LogP contribution in [0.4, 0.5) is 0 Å². The summed E-state index contributed by atoms with van der Waals surface area (Å²) in [6.07, 6.45) is 3.25. The molecule has 2 heterocycles. The first-order valence-corrected chi connectivity index (χ1v) is 5.42. The molecule has 5 heteroatoms. The van der Waals surface area contributed by atoms with E-state index < -0.39 is 0 Å². The highest BCUT2D eigenvalue weighted by Crippen LogP contribution is 2.11. The van der Waals surface area contributed by atoms with Crippen LogP contribution in [-0.4, -0.2) is 15.0 Å². The fraction of sp³-hybridized carbons (Fsp3) is 0.100. The number of pyridine rings is 1. The quantitative estimate of drug-likeness (QED) is 0.816. The summed E-state index contributed by atoms with van der Waals surface area (Å²) in [7, 11) is 0. The van der Waals surface area contributed by atoms with Gasteiger partial charge in [0.2, 0.25) is 0 Å². The first-order valence-electron chi connectivity index (χ1n) is 4.34. The molecule has 2 aromatic rings. The molecule has 15 heavy (non-hydrogen) atoms. The van der Waals surface area contributed by atoms with E-state index in [9.17, 15) is 4.79 Å². The van der Waals surface area contributed by atoms with E-state index in [2.05, 4.69) is 15.0 Å². The van der Waals surface area contributed by atoms with Crippen LogP contribution in [0.1, 0.15) is 5.69 Å². The van der Waals surface area contributed by atoms with Gasteiger partial charge in [0.15, 0.2) is 0 Å². The molecule has 0 aliphatic heterocycles. The van der Waals surface area contributed by atoms with Gasteiger partial charge in [-0.3, -0.25) is 9.78 Å². The Balaban J connectivity index is 2.50. The lowest BCUT2D eigenvalue weighted by Gasteiger charge is -2.00. The smallest absolute Gasteiger partial charge is 0.264 e. The molecule has 0 saturated heterocycles. The maximum absolute atomic E-state index is 11.4. The van der Waals surface area contributed by atoms with E-state index in [-0.39, 0.29) is 5.56 Å². The summed E-state index contributed by atoms with van der Waals surface area (Å²) < 4.78 is 0.580. The number of rotatable bonds is 1. The van der Waals surface area contributed by atoms with Gasteiger partial charge >= 0.3 is 0 Å². The summed E-state index contributed by atoms with van der Waals surface area (Å²) in [5.74, 6) is 0.549. The number of aryl methyl sites for hydroxylation is 1. The second-order valence-corrected chi connectivity index (χ2v) is 4.26. The fourth-order valence-electron chi connectivity index (χ4n) is 1.13. The first-order chi connectivity index (χ1) is 7.16. The van der Waals surface area contributed by atoms with Crippen molar-refractivity contribution < 1.29 is 0 Å². The molecule has 0 aliphatic carbocycles. The van der Waals surface area contributed by atoms with Crippen molar-refractivity contribution in [3.05, 3.63) is 44.1 Å². The van der Waals surface area contributed by atoms with Crippen LogP contribution in [0.15, 0.2) is 29.3 Å². The van der Waals surface area contributed by atoms with Crippen LogP contribution in [0.2, 0.25) is 0 Å². The third kappa shape index (κ3) is 2.23. The van der Waals surface area contributed by atoms with E-state index in [1.54, 1.807) is 12.4 Å². The topological polar surface area (TPSA) is 58.6 Å². The number of halogens is 1. The van der Waals surface area contributed by atoms with Crippen molar-refractivity contribution in [3.63, 3.8) is 0 Å². The number of hydrogen-bond acceptors (Lipinski definition) is 3. The molecule has 1 N–H and O–H groups in total. The molecule has 0 unspecified atom stereocenters. The Morgan fingerprint density at radius 2 is 2.07 bits per heavy atom. The van der Waals surface area contributed by atoms with Crippen LogP contribution in [0.3, 0.4) is 0 Å². The Bertz CT molecular complexity index is 533. The SMILES string of the molecule is Cc1ccc(-c2ncc(I)c(=O)[nH]2)cn1. The van der Waals surface area contributed by atoms with Crippen LogP contribution in [0, 0.1) is 10.5 Å². The van der Waals surface area contributed by atoms with Gasteiger partial charge in [0.25, 0.3) is 5.56 Å². The average molecular weight is 313 g/mol. The number of aromatic nitrogens is 3. The second kappa shape index (κ2) is 4.09. The molecular weight excluding hydrogens is 305 g/mol. The summed E-state index contributed by atoms with van der Waals surface area (Å²) in [5, 5.41) is 0. The summed E-state index contributed by atoms with van der Waals surface area (Å²) in [4.78, 5) is 22.3. The number of hydrogen-bond donors (Lipinski definition) is 1. The summed E-state index contributed by atoms with van der Waals surface area (Å²) >= 11 is 1.94. The molecule has 0 saturated carbocycles. The van der Waals surface area contributed by atoms with Gasteiger partial charge in [-0.2, -0.15) is 0 Å². The van der Waals surface area contributed by atoms with Crippen molar-refractivity contribution in [2.24, 2.45) is 0 Å². The zero-order valence-corrected chi connectivity index (χ0v) is 10.1. The minimum atomic E-state index is -0.124. The average Bonchev–Trinajstić information content (AvgIpc) is 2.23. The Kier molecular flexibility index (Phi) is 2.81. The minimum absolute atomic E-state index is 0.124. The normalized spacial score (nSPS) is 10.3. The van der Waals surface area contributed by atoms with Crippen LogP contribution in [0.25, 0.3) is 11.4 Å². The largest absolute Gasteiger partial charge is 0.306 e. The maximum Gasteiger partial charge on any atom is 0.264 e. The van der Waals surface area contributed by atoms with Crippen LogP contribution in [-0.2, 0) is 0 Å². The van der Waals surface area contributed by atoms with Gasteiger partial charge in [-0.15, -0.1) is 0 Å². The molecule has 0 fully saturated rings. The minimum Gasteiger partial charge on any atom is -0.306 e. The van der Waals surface area contributed by atoms with Crippen molar-refractivity contribution in [2.45, 2.75) is 6.92 Å². The van der Waals surface area contributed by atoms with E-state index in [4.69, 9.17) is 0 Å². The van der Waals surface area contributed by atoms with E-state index >= 15 is 0 Å². The molecule has 0 aromatic carbocycles. The number of nitrogens with one attached hydrogen (secondary N) is 1. The van der Waals surface area contributed by atoms with Crippen LogP contribution in [0.5, 0.6) is 0 Å². The van der Waals surface area contributed by atoms with Crippen LogP contribution >= 0.6 is 22.6 Å². The first kappa shape index (κ1) is 10.3. The molecule has 0 spiro atoms. The van der Waals surface area contributed by atoms with Crippen molar-refractivity contribution in [1.82, 2.24) is 15.0 Å². The predicted molar refractivity (Wildman–Crippen MR) is 65.5 cm³/mol. The third-order valence-electron chi connectivity index (χ3n) is 1.94. The van der Waals surface area contributed by atoms with E-state index in [0.29, 0.717) is 9.39 Å². The van der Waals surface area contributed by atoms with Gasteiger partial charge in [-0.25, -0.2) is 4.98 Å². The lowest BCUT2D eigenvalue weighted by Crippen LogP contribution is -2.11. The summed E-state index contributed by atoms with van der Waals surface area (Å²) in [6, 6.07) is 3.76. The van der Waals surface area contributed by atoms with E-state index in [1.165, 1.54) is 0 Å². The number of nitrogens with zero attached hydrogens (tertiary/aromatic N) is 2. The molecule has 2 aromatic heterocycles. The summed E-state index contributed by atoms with van der Waals surface area (Å²) in [5.41, 5.74) is 1.63. The lowest BCUT2D eigenvalue weighted by atomic mass is 10.2. The van der Waals surface area contributed by atoms with Gasteiger partial charge < -0.3 is 4.98 Å². The number of H-pyrrole nitrogens is 1. The van der Waals surface area contributed by atoms with E-state index in [0.717, 1.165) is 11.3 Å². The monoisotopic (exact) mass is 313 g/mol. The van der Waals surface area contributed by atoms with Gasteiger partial charge in [-0.05, 0) is 41.6 Å². The van der Waals surface area contributed by atoms with Crippen molar-refractivity contribution >= 4 is 22.6 Å². The molecule has 0 amide bonds. The standard InChI is InChI=1S/C10H8IN3O/c1-6-2-3-7(4-12-6)9-13-5-8(11)10(15)14-9/h2-5H,1H3,(H,13,14,15). The Hall–Kier alpha value is -1.24. The zero-order chi connectivity index (χ0) is 10.8. The number of aromatic amines is 1. The van der Waals surface area contributed by atoms with Gasteiger partial charge in [0.1, 0.15) is 5.82 Å². The van der Waals surface area contributed by atoms with E-state index in [1.807, 2.05) is 41.6 Å². The molecule has 0 bridgehead atoms. The second-order valence-electron chi connectivity index (χ2n) is 3.10. The molecule has 76 valence electrons. The predicted octanol–water partition coefficient (Wildman–Crippen LogP) is 1.74. The van der Waals surface area contributed by atoms with Crippen molar-refractivity contribution in [1.29, 1.82) is 0 Å². The highest BCUT2D eigenvalue weighted by molar-refractivity contribution is 14.1.